The first-order valence-corrected chi connectivity index (χ1v) is 4.28. The highest BCUT2D eigenvalue weighted by atomic mass is 16.6. The lowest BCUT2D eigenvalue weighted by Crippen LogP contribution is -2.55. The van der Waals surface area contributed by atoms with Gasteiger partial charge < -0.3 is 14.6 Å². The number of hydrogen-bond donors (Lipinski definition) is 2. The maximum Gasteiger partial charge on any atom is 0.337 e. The lowest BCUT2D eigenvalue weighted by Gasteiger charge is -2.30. The number of ether oxygens (including phenoxy) is 2. The first kappa shape index (κ1) is 12.4. The summed E-state index contributed by atoms with van der Waals surface area (Å²) in [6.07, 6.45) is 0.967. The van der Waals surface area contributed by atoms with Crippen molar-refractivity contribution in [1.29, 1.82) is 0 Å². The van der Waals surface area contributed by atoms with E-state index in [2.05, 4.69) is 15.0 Å². The number of methoxy groups -OCH3 is 2. The Balaban J connectivity index is 3.15. The number of nitrogens with two attached hydrogens (primary N) is 1. The smallest absolute Gasteiger partial charge is 0.337 e. The number of hydrogen-bond acceptors (Lipinski definition) is 7. The molecule has 0 fully saturated rings. The van der Waals surface area contributed by atoms with E-state index in [-0.39, 0.29) is 5.82 Å². The summed E-state index contributed by atoms with van der Waals surface area (Å²) in [5, 5.41) is 8.95. The highest BCUT2D eigenvalue weighted by molar-refractivity contribution is 5.74. The van der Waals surface area contributed by atoms with Crippen LogP contribution in [0.4, 0.5) is 0 Å². The van der Waals surface area contributed by atoms with E-state index in [4.69, 9.17) is 20.3 Å². The Morgan fingerprint density at radius 2 is 2.06 bits per heavy atom. The highest BCUT2D eigenvalue weighted by Crippen LogP contribution is 2.21. The van der Waals surface area contributed by atoms with Gasteiger partial charge in [0.15, 0.2) is 5.82 Å². The standard InChI is InChI=1S/C8H12N4O4/c1-15-5(6(13)14)8(9,16-2)7-11-3-10-4-12-7/h3-5H,9H2,1-2H3,(H,13,14). The van der Waals surface area contributed by atoms with Crippen molar-refractivity contribution in [2.45, 2.75) is 11.8 Å². The molecule has 0 saturated heterocycles. The van der Waals surface area contributed by atoms with Crippen LogP contribution in [0.25, 0.3) is 0 Å². The molecule has 1 rings (SSSR count). The molecule has 2 atom stereocenters. The molecule has 0 aliphatic carbocycles. The van der Waals surface area contributed by atoms with E-state index in [1.165, 1.54) is 26.9 Å². The summed E-state index contributed by atoms with van der Waals surface area (Å²) in [7, 11) is 2.46. The lowest BCUT2D eigenvalue weighted by atomic mass is 10.1. The molecular formula is C8H12N4O4. The summed E-state index contributed by atoms with van der Waals surface area (Å²) < 4.78 is 9.73. The van der Waals surface area contributed by atoms with Crippen molar-refractivity contribution in [2.75, 3.05) is 14.2 Å². The minimum atomic E-state index is -1.76. The summed E-state index contributed by atoms with van der Waals surface area (Å²) in [5.41, 5.74) is 4.03. The fourth-order valence-corrected chi connectivity index (χ4v) is 1.22. The number of aromatic nitrogens is 3. The van der Waals surface area contributed by atoms with Gasteiger partial charge >= 0.3 is 5.97 Å². The lowest BCUT2D eigenvalue weighted by molar-refractivity contribution is -0.175. The van der Waals surface area contributed by atoms with Crippen LogP contribution >= 0.6 is 0 Å². The van der Waals surface area contributed by atoms with E-state index >= 15 is 0 Å². The third-order valence-corrected chi connectivity index (χ3v) is 2.03. The number of nitrogens with zero attached hydrogens (tertiary/aromatic N) is 3. The summed E-state index contributed by atoms with van der Waals surface area (Å²) >= 11 is 0. The Morgan fingerprint density at radius 1 is 1.50 bits per heavy atom. The third kappa shape index (κ3) is 2.13. The van der Waals surface area contributed by atoms with Crippen LogP contribution in [0.1, 0.15) is 5.82 Å². The number of carboxylic acid groups (broad SMARTS) is 1. The Kier molecular flexibility index (Phi) is 3.82. The number of carboxylic acids is 1. The van der Waals surface area contributed by atoms with Gasteiger partial charge in [-0.25, -0.2) is 19.7 Å². The van der Waals surface area contributed by atoms with Crippen molar-refractivity contribution in [3.05, 3.63) is 18.5 Å². The monoisotopic (exact) mass is 228 g/mol. The van der Waals surface area contributed by atoms with E-state index in [0.29, 0.717) is 0 Å². The van der Waals surface area contributed by atoms with Gasteiger partial charge in [0.1, 0.15) is 12.7 Å². The van der Waals surface area contributed by atoms with Crippen LogP contribution in [0.5, 0.6) is 0 Å². The van der Waals surface area contributed by atoms with Crippen LogP contribution < -0.4 is 5.73 Å². The van der Waals surface area contributed by atoms with Gasteiger partial charge in [-0.3, -0.25) is 5.73 Å². The van der Waals surface area contributed by atoms with Crippen molar-refractivity contribution in [2.24, 2.45) is 5.73 Å². The molecule has 0 aliphatic heterocycles. The van der Waals surface area contributed by atoms with Crippen LogP contribution in [-0.2, 0) is 20.0 Å². The van der Waals surface area contributed by atoms with Crippen LogP contribution in [0.3, 0.4) is 0 Å². The van der Waals surface area contributed by atoms with Crippen molar-refractivity contribution in [3.8, 4) is 0 Å². The Morgan fingerprint density at radius 3 is 2.44 bits per heavy atom. The molecule has 16 heavy (non-hydrogen) atoms. The minimum absolute atomic E-state index is 0.0146. The predicted octanol–water partition coefficient (Wildman–Crippen LogP) is -1.27. The molecule has 8 heteroatoms. The van der Waals surface area contributed by atoms with Crippen molar-refractivity contribution in [3.63, 3.8) is 0 Å². The van der Waals surface area contributed by atoms with Crippen molar-refractivity contribution >= 4 is 5.97 Å². The largest absolute Gasteiger partial charge is 0.479 e. The Bertz CT molecular complexity index is 360. The van der Waals surface area contributed by atoms with Gasteiger partial charge in [0, 0.05) is 14.2 Å². The topological polar surface area (TPSA) is 120 Å². The van der Waals surface area contributed by atoms with Crippen LogP contribution in [0.2, 0.25) is 0 Å². The van der Waals surface area contributed by atoms with E-state index in [1.54, 1.807) is 0 Å². The zero-order chi connectivity index (χ0) is 12.2. The van der Waals surface area contributed by atoms with Gasteiger partial charge in [0.2, 0.25) is 11.8 Å². The first-order chi connectivity index (χ1) is 7.56. The van der Waals surface area contributed by atoms with E-state index in [9.17, 15) is 4.79 Å². The molecule has 1 heterocycles. The molecule has 88 valence electrons. The second kappa shape index (κ2) is 4.92. The van der Waals surface area contributed by atoms with Gasteiger partial charge in [-0.1, -0.05) is 0 Å². The fourth-order valence-electron chi connectivity index (χ4n) is 1.22. The van der Waals surface area contributed by atoms with Crippen LogP contribution in [0, 0.1) is 0 Å². The molecule has 8 nitrogen and oxygen atoms in total. The van der Waals surface area contributed by atoms with Crippen LogP contribution in [0.15, 0.2) is 12.7 Å². The molecule has 0 bridgehead atoms. The quantitative estimate of drug-likeness (QED) is 0.598. The Labute approximate surface area is 91.4 Å². The highest BCUT2D eigenvalue weighted by Gasteiger charge is 2.45. The van der Waals surface area contributed by atoms with Crippen molar-refractivity contribution in [1.82, 2.24) is 15.0 Å². The molecular weight excluding hydrogens is 216 g/mol. The van der Waals surface area contributed by atoms with Crippen molar-refractivity contribution < 1.29 is 19.4 Å². The first-order valence-electron chi connectivity index (χ1n) is 4.28. The number of aliphatic carboxylic acids is 1. The normalized spacial score (nSPS) is 16.4. The molecule has 0 aliphatic rings. The fraction of sp³-hybridized carbons (Fsp3) is 0.500. The van der Waals surface area contributed by atoms with E-state index in [0.717, 1.165) is 0 Å². The molecule has 3 N–H and O–H groups in total. The number of rotatable bonds is 5. The summed E-state index contributed by atoms with van der Waals surface area (Å²) in [6.45, 7) is 0. The average Bonchev–Trinajstić information content (AvgIpc) is 2.30. The van der Waals surface area contributed by atoms with Gasteiger partial charge in [-0.05, 0) is 0 Å². The SMILES string of the molecule is COC(C(=O)O)C(N)(OC)c1ncncn1. The minimum Gasteiger partial charge on any atom is -0.479 e. The van der Waals surface area contributed by atoms with E-state index < -0.39 is 17.8 Å². The molecule has 0 amide bonds. The summed E-state index contributed by atoms with van der Waals surface area (Å²) in [6, 6.07) is 0. The number of carbonyl (C=O) groups is 1. The summed E-state index contributed by atoms with van der Waals surface area (Å²) in [5.74, 6) is -1.29. The van der Waals surface area contributed by atoms with E-state index in [1.807, 2.05) is 0 Å². The second-order valence-corrected chi connectivity index (χ2v) is 2.91. The van der Waals surface area contributed by atoms with Gasteiger partial charge in [0.05, 0.1) is 0 Å². The van der Waals surface area contributed by atoms with Gasteiger partial charge in [-0.15, -0.1) is 0 Å². The molecule has 0 saturated carbocycles. The molecule has 0 aromatic carbocycles. The van der Waals surface area contributed by atoms with Gasteiger partial charge in [0.25, 0.3) is 0 Å². The molecule has 1 aromatic heterocycles. The summed E-state index contributed by atoms with van der Waals surface area (Å²) in [4.78, 5) is 22.1. The molecule has 2 unspecified atom stereocenters. The average molecular weight is 228 g/mol. The molecule has 0 radical (unpaired) electrons. The van der Waals surface area contributed by atoms with Gasteiger partial charge in [-0.2, -0.15) is 0 Å². The molecule has 1 aromatic rings. The third-order valence-electron chi connectivity index (χ3n) is 2.03. The molecule has 0 spiro atoms. The Hall–Kier alpha value is -1.64. The zero-order valence-corrected chi connectivity index (χ0v) is 8.82. The zero-order valence-electron chi connectivity index (χ0n) is 8.82. The van der Waals surface area contributed by atoms with Crippen LogP contribution in [-0.4, -0.2) is 46.4 Å². The maximum atomic E-state index is 11.0. The second-order valence-electron chi connectivity index (χ2n) is 2.91. The predicted molar refractivity (Wildman–Crippen MR) is 51.1 cm³/mol. The maximum absolute atomic E-state index is 11.0.